The number of thiol groups is 1. The largest absolute Gasteiger partial charge is 0.425 e. The smallest absolute Gasteiger partial charge is 0.329 e. The lowest BCUT2D eigenvalue weighted by atomic mass is 10.1. The number of carbonyl (C=O) groups excluding carboxylic acids is 1. The van der Waals surface area contributed by atoms with Gasteiger partial charge in [0.1, 0.15) is 11.8 Å². The maximum atomic E-state index is 11.6. The monoisotopic (exact) mass is 247 g/mol. The second-order valence-electron chi connectivity index (χ2n) is 3.69. The minimum absolute atomic E-state index is 0.267. The molecule has 3 nitrogen and oxygen atoms in total. The number of hydrogen-bond donors (Lipinski definition) is 2. The first kappa shape index (κ1) is 12.0. The highest BCUT2D eigenvalue weighted by molar-refractivity contribution is 7.80. The van der Waals surface area contributed by atoms with E-state index in [1.54, 1.807) is 6.07 Å². The van der Waals surface area contributed by atoms with Crippen LogP contribution in [0.4, 0.5) is 0 Å². The maximum absolute atomic E-state index is 11.6. The molecule has 0 unspecified atom stereocenters. The molecule has 2 aromatic rings. The van der Waals surface area contributed by atoms with Gasteiger partial charge in [-0.1, -0.05) is 36.4 Å². The predicted octanol–water partition coefficient (Wildman–Crippen LogP) is 2.00. The van der Waals surface area contributed by atoms with Crippen molar-refractivity contribution in [2.45, 2.75) is 6.04 Å². The van der Waals surface area contributed by atoms with Crippen molar-refractivity contribution in [1.82, 2.24) is 0 Å². The number of fused-ring (bicyclic) bond motifs is 1. The summed E-state index contributed by atoms with van der Waals surface area (Å²) in [6, 6.07) is 12.6. The van der Waals surface area contributed by atoms with Crippen molar-refractivity contribution in [2.24, 2.45) is 5.73 Å². The van der Waals surface area contributed by atoms with Crippen molar-refractivity contribution in [1.29, 1.82) is 0 Å². The zero-order valence-electron chi connectivity index (χ0n) is 9.17. The second kappa shape index (κ2) is 5.21. The Kier molecular flexibility index (Phi) is 3.66. The molecule has 0 saturated heterocycles. The van der Waals surface area contributed by atoms with Crippen LogP contribution in [0.3, 0.4) is 0 Å². The number of rotatable bonds is 3. The molecule has 2 aromatic carbocycles. The molecule has 0 bridgehead atoms. The lowest BCUT2D eigenvalue weighted by Crippen LogP contribution is -2.35. The molecule has 88 valence electrons. The minimum Gasteiger partial charge on any atom is -0.425 e. The fourth-order valence-corrected chi connectivity index (χ4v) is 1.69. The Labute approximate surface area is 105 Å². The standard InChI is InChI=1S/C13H13NO2S/c14-11(8-17)13(15)16-12-7-3-5-9-4-1-2-6-10(9)12/h1-7,11,17H,8,14H2/t11-/m0/s1. The lowest BCUT2D eigenvalue weighted by Gasteiger charge is -2.10. The lowest BCUT2D eigenvalue weighted by molar-refractivity contribution is -0.135. The summed E-state index contributed by atoms with van der Waals surface area (Å²) in [7, 11) is 0. The SMILES string of the molecule is N[C@@H](CS)C(=O)Oc1cccc2ccccc12. The van der Waals surface area contributed by atoms with Crippen molar-refractivity contribution in [3.05, 3.63) is 42.5 Å². The highest BCUT2D eigenvalue weighted by Crippen LogP contribution is 2.25. The molecule has 0 fully saturated rings. The Morgan fingerprint density at radius 1 is 1.24 bits per heavy atom. The molecule has 0 radical (unpaired) electrons. The van der Waals surface area contributed by atoms with Gasteiger partial charge in [-0.25, -0.2) is 4.79 Å². The third kappa shape index (κ3) is 2.60. The normalized spacial score (nSPS) is 12.4. The van der Waals surface area contributed by atoms with Crippen LogP contribution in [0, 0.1) is 0 Å². The Morgan fingerprint density at radius 2 is 1.94 bits per heavy atom. The average Bonchev–Trinajstić information content (AvgIpc) is 2.38. The van der Waals surface area contributed by atoms with Gasteiger partial charge in [-0.15, -0.1) is 0 Å². The quantitative estimate of drug-likeness (QED) is 0.495. The van der Waals surface area contributed by atoms with Crippen molar-refractivity contribution >= 4 is 29.4 Å². The summed E-state index contributed by atoms with van der Waals surface area (Å²) in [6.07, 6.45) is 0. The van der Waals surface area contributed by atoms with Gasteiger partial charge in [0.15, 0.2) is 0 Å². The van der Waals surface area contributed by atoms with Crippen LogP contribution in [0.25, 0.3) is 10.8 Å². The fourth-order valence-electron chi connectivity index (χ4n) is 1.54. The molecule has 0 aromatic heterocycles. The van der Waals surface area contributed by atoms with E-state index < -0.39 is 12.0 Å². The molecule has 0 aliphatic heterocycles. The molecule has 2 N–H and O–H groups in total. The zero-order valence-corrected chi connectivity index (χ0v) is 10.1. The summed E-state index contributed by atoms with van der Waals surface area (Å²) in [5, 5.41) is 1.92. The molecule has 2 rings (SSSR count). The van der Waals surface area contributed by atoms with E-state index in [0.29, 0.717) is 5.75 Å². The van der Waals surface area contributed by atoms with E-state index in [9.17, 15) is 4.79 Å². The van der Waals surface area contributed by atoms with E-state index >= 15 is 0 Å². The molecular weight excluding hydrogens is 234 g/mol. The van der Waals surface area contributed by atoms with E-state index in [1.807, 2.05) is 36.4 Å². The number of benzene rings is 2. The first-order valence-electron chi connectivity index (χ1n) is 5.28. The predicted molar refractivity (Wildman–Crippen MR) is 71.4 cm³/mol. The van der Waals surface area contributed by atoms with Gasteiger partial charge in [0.05, 0.1) is 0 Å². The molecule has 17 heavy (non-hydrogen) atoms. The van der Waals surface area contributed by atoms with Gasteiger partial charge in [0.2, 0.25) is 0 Å². The first-order chi connectivity index (χ1) is 8.22. The van der Waals surface area contributed by atoms with Crippen LogP contribution in [-0.2, 0) is 4.79 Å². The van der Waals surface area contributed by atoms with Crippen LogP contribution in [-0.4, -0.2) is 17.8 Å². The summed E-state index contributed by atoms with van der Waals surface area (Å²) >= 11 is 3.97. The third-order valence-corrected chi connectivity index (χ3v) is 2.85. The molecule has 0 saturated carbocycles. The van der Waals surface area contributed by atoms with Gasteiger partial charge >= 0.3 is 5.97 Å². The third-order valence-electron chi connectivity index (χ3n) is 2.46. The summed E-state index contributed by atoms with van der Waals surface area (Å²) in [6.45, 7) is 0. The number of ether oxygens (including phenoxy) is 1. The Bertz CT molecular complexity index is 536. The number of nitrogens with two attached hydrogens (primary N) is 1. The molecule has 0 aliphatic carbocycles. The van der Waals surface area contributed by atoms with Gasteiger partial charge in [-0.3, -0.25) is 0 Å². The Hall–Kier alpha value is -1.52. The van der Waals surface area contributed by atoms with E-state index in [2.05, 4.69) is 12.6 Å². The summed E-state index contributed by atoms with van der Waals surface area (Å²) in [5.41, 5.74) is 5.56. The summed E-state index contributed by atoms with van der Waals surface area (Å²) in [5.74, 6) is 0.338. The fraction of sp³-hybridized carbons (Fsp3) is 0.154. The molecule has 1 atom stereocenters. The number of carbonyl (C=O) groups is 1. The van der Waals surface area contributed by atoms with Crippen LogP contribution >= 0.6 is 12.6 Å². The first-order valence-corrected chi connectivity index (χ1v) is 5.91. The molecular formula is C13H13NO2S. The Morgan fingerprint density at radius 3 is 2.71 bits per heavy atom. The highest BCUT2D eigenvalue weighted by atomic mass is 32.1. The van der Waals surface area contributed by atoms with Gasteiger partial charge in [0.25, 0.3) is 0 Å². The van der Waals surface area contributed by atoms with E-state index in [1.165, 1.54) is 0 Å². The zero-order chi connectivity index (χ0) is 12.3. The van der Waals surface area contributed by atoms with Gasteiger partial charge in [0, 0.05) is 11.1 Å². The van der Waals surface area contributed by atoms with Gasteiger partial charge < -0.3 is 10.5 Å². The molecule has 0 spiro atoms. The molecule has 0 aliphatic rings. The Balaban J connectivity index is 2.33. The minimum atomic E-state index is -0.697. The van der Waals surface area contributed by atoms with Crippen molar-refractivity contribution in [2.75, 3.05) is 5.75 Å². The number of hydrogen-bond acceptors (Lipinski definition) is 4. The van der Waals surface area contributed by atoms with E-state index in [4.69, 9.17) is 10.5 Å². The molecule has 4 heteroatoms. The average molecular weight is 247 g/mol. The van der Waals surface area contributed by atoms with Crippen molar-refractivity contribution < 1.29 is 9.53 Å². The molecule has 0 amide bonds. The maximum Gasteiger partial charge on any atom is 0.329 e. The van der Waals surface area contributed by atoms with Crippen LogP contribution in [0.15, 0.2) is 42.5 Å². The number of esters is 1. The van der Waals surface area contributed by atoms with Crippen LogP contribution in [0.5, 0.6) is 5.75 Å². The van der Waals surface area contributed by atoms with E-state index in [0.717, 1.165) is 10.8 Å². The second-order valence-corrected chi connectivity index (χ2v) is 4.05. The van der Waals surface area contributed by atoms with E-state index in [-0.39, 0.29) is 5.75 Å². The van der Waals surface area contributed by atoms with Crippen LogP contribution < -0.4 is 10.5 Å². The summed E-state index contributed by atoms with van der Waals surface area (Å²) in [4.78, 5) is 11.6. The van der Waals surface area contributed by atoms with Crippen LogP contribution in [0.2, 0.25) is 0 Å². The topological polar surface area (TPSA) is 52.3 Å². The summed E-state index contributed by atoms with van der Waals surface area (Å²) < 4.78 is 5.27. The van der Waals surface area contributed by atoms with Crippen molar-refractivity contribution in [3.8, 4) is 5.75 Å². The van der Waals surface area contributed by atoms with Gasteiger partial charge in [-0.05, 0) is 11.5 Å². The van der Waals surface area contributed by atoms with Gasteiger partial charge in [-0.2, -0.15) is 12.6 Å². The van der Waals surface area contributed by atoms with Crippen LogP contribution in [0.1, 0.15) is 0 Å². The van der Waals surface area contributed by atoms with Crippen molar-refractivity contribution in [3.63, 3.8) is 0 Å². The molecule has 0 heterocycles. The highest BCUT2D eigenvalue weighted by Gasteiger charge is 2.15.